The summed E-state index contributed by atoms with van der Waals surface area (Å²) < 4.78 is 1.68. The maximum absolute atomic E-state index is 12.2. The highest BCUT2D eigenvalue weighted by molar-refractivity contribution is 5.95. The van der Waals surface area contributed by atoms with Crippen LogP contribution in [0.15, 0.2) is 36.5 Å². The van der Waals surface area contributed by atoms with Crippen molar-refractivity contribution >= 4 is 5.91 Å². The lowest BCUT2D eigenvalue weighted by molar-refractivity contribution is 0.0868. The van der Waals surface area contributed by atoms with E-state index in [0.717, 1.165) is 5.69 Å². The van der Waals surface area contributed by atoms with E-state index >= 15 is 0 Å². The molecule has 0 unspecified atom stereocenters. The monoisotopic (exact) mass is 273 g/mol. The van der Waals surface area contributed by atoms with E-state index in [1.165, 1.54) is 0 Å². The van der Waals surface area contributed by atoms with Crippen LogP contribution in [0.25, 0.3) is 5.69 Å². The van der Waals surface area contributed by atoms with Gasteiger partial charge in [0, 0.05) is 6.20 Å². The molecule has 0 radical (unpaired) electrons. The Hall–Kier alpha value is -2.14. The number of rotatable bonds is 4. The molecule has 0 fully saturated rings. The van der Waals surface area contributed by atoms with Gasteiger partial charge in [-0.1, -0.05) is 18.2 Å². The SMILES string of the molecule is Cc1nn(-c2ccccc2)cc1C(=O)NC(C)(C)CO. The van der Waals surface area contributed by atoms with Crippen LogP contribution < -0.4 is 5.32 Å². The van der Waals surface area contributed by atoms with Gasteiger partial charge < -0.3 is 10.4 Å². The van der Waals surface area contributed by atoms with Crippen LogP contribution in [0.2, 0.25) is 0 Å². The fourth-order valence-electron chi connectivity index (χ4n) is 1.81. The van der Waals surface area contributed by atoms with Gasteiger partial charge in [0.2, 0.25) is 0 Å². The van der Waals surface area contributed by atoms with Crippen LogP contribution in [0.3, 0.4) is 0 Å². The molecule has 0 atom stereocenters. The molecule has 106 valence electrons. The molecule has 5 nitrogen and oxygen atoms in total. The maximum Gasteiger partial charge on any atom is 0.255 e. The fourth-order valence-corrected chi connectivity index (χ4v) is 1.81. The predicted molar refractivity (Wildman–Crippen MR) is 76.9 cm³/mol. The average molecular weight is 273 g/mol. The molecule has 5 heteroatoms. The molecular weight excluding hydrogens is 254 g/mol. The molecule has 0 bridgehead atoms. The second-order valence-electron chi connectivity index (χ2n) is 5.40. The van der Waals surface area contributed by atoms with Crippen molar-refractivity contribution in [3.05, 3.63) is 47.8 Å². The molecule has 1 heterocycles. The van der Waals surface area contributed by atoms with E-state index in [9.17, 15) is 9.90 Å². The van der Waals surface area contributed by atoms with Crippen LogP contribution in [-0.2, 0) is 0 Å². The zero-order valence-electron chi connectivity index (χ0n) is 11.9. The molecular formula is C15H19N3O2. The largest absolute Gasteiger partial charge is 0.394 e. The van der Waals surface area contributed by atoms with Gasteiger partial charge in [-0.3, -0.25) is 4.79 Å². The third-order valence-corrected chi connectivity index (χ3v) is 3.01. The van der Waals surface area contributed by atoms with Gasteiger partial charge in [-0.2, -0.15) is 5.10 Å². The zero-order chi connectivity index (χ0) is 14.8. The number of nitrogens with one attached hydrogen (secondary N) is 1. The minimum atomic E-state index is -0.654. The first-order chi connectivity index (χ1) is 9.43. The van der Waals surface area contributed by atoms with Gasteiger partial charge in [-0.25, -0.2) is 4.68 Å². The molecule has 0 saturated heterocycles. The molecule has 0 aliphatic carbocycles. The number of hydrogen-bond acceptors (Lipinski definition) is 3. The molecule has 2 rings (SSSR count). The third kappa shape index (κ3) is 3.05. The van der Waals surface area contributed by atoms with Crippen LogP contribution in [-0.4, -0.2) is 32.9 Å². The van der Waals surface area contributed by atoms with Gasteiger partial charge >= 0.3 is 0 Å². The van der Waals surface area contributed by atoms with E-state index in [4.69, 9.17) is 0 Å². The van der Waals surface area contributed by atoms with E-state index in [1.54, 1.807) is 31.6 Å². The minimum Gasteiger partial charge on any atom is -0.394 e. The summed E-state index contributed by atoms with van der Waals surface area (Å²) in [5.74, 6) is -0.233. The van der Waals surface area contributed by atoms with Gasteiger partial charge in [-0.15, -0.1) is 0 Å². The van der Waals surface area contributed by atoms with Crippen LogP contribution in [0.4, 0.5) is 0 Å². The highest BCUT2D eigenvalue weighted by atomic mass is 16.3. The van der Waals surface area contributed by atoms with Crippen molar-refractivity contribution < 1.29 is 9.90 Å². The van der Waals surface area contributed by atoms with Gasteiger partial charge in [0.05, 0.1) is 29.1 Å². The van der Waals surface area contributed by atoms with E-state index in [1.807, 2.05) is 30.3 Å². The summed E-state index contributed by atoms with van der Waals surface area (Å²) in [7, 11) is 0. The van der Waals surface area contributed by atoms with Crippen LogP contribution >= 0.6 is 0 Å². The number of hydrogen-bond donors (Lipinski definition) is 2. The Kier molecular flexibility index (Phi) is 3.90. The van der Waals surface area contributed by atoms with Crippen molar-refractivity contribution in [1.82, 2.24) is 15.1 Å². The quantitative estimate of drug-likeness (QED) is 0.890. The number of aromatic nitrogens is 2. The molecule has 0 spiro atoms. The standard InChI is InChI=1S/C15H19N3O2/c1-11-13(14(20)16-15(2,3)10-19)9-18(17-11)12-7-5-4-6-8-12/h4-9,19H,10H2,1-3H3,(H,16,20). The molecule has 0 aliphatic rings. The maximum atomic E-state index is 12.2. The molecule has 1 aromatic carbocycles. The van der Waals surface area contributed by atoms with E-state index in [-0.39, 0.29) is 12.5 Å². The summed E-state index contributed by atoms with van der Waals surface area (Å²) in [6, 6.07) is 9.61. The first kappa shape index (κ1) is 14.3. The Morgan fingerprint density at radius 2 is 2.00 bits per heavy atom. The van der Waals surface area contributed by atoms with Crippen molar-refractivity contribution in [1.29, 1.82) is 0 Å². The van der Waals surface area contributed by atoms with Gasteiger partial charge in [0.25, 0.3) is 5.91 Å². The Labute approximate surface area is 118 Å². The summed E-state index contributed by atoms with van der Waals surface area (Å²) in [5, 5.41) is 16.3. The number of amides is 1. The molecule has 2 aromatic rings. The van der Waals surface area contributed by atoms with Crippen molar-refractivity contribution in [2.45, 2.75) is 26.3 Å². The number of nitrogens with zero attached hydrogens (tertiary/aromatic N) is 2. The highest BCUT2D eigenvalue weighted by Gasteiger charge is 2.22. The minimum absolute atomic E-state index is 0.120. The summed E-state index contributed by atoms with van der Waals surface area (Å²) in [4.78, 5) is 12.2. The fraction of sp³-hybridized carbons (Fsp3) is 0.333. The first-order valence-corrected chi connectivity index (χ1v) is 6.48. The van der Waals surface area contributed by atoms with Crippen molar-refractivity contribution in [2.75, 3.05) is 6.61 Å². The molecule has 0 saturated carbocycles. The number of carbonyl (C=O) groups excluding carboxylic acids is 1. The topological polar surface area (TPSA) is 67.2 Å². The smallest absolute Gasteiger partial charge is 0.255 e. The van der Waals surface area contributed by atoms with E-state index in [2.05, 4.69) is 10.4 Å². The predicted octanol–water partition coefficient (Wildman–Crippen LogP) is 1.68. The van der Waals surface area contributed by atoms with Crippen LogP contribution in [0.1, 0.15) is 29.9 Å². The average Bonchev–Trinajstić information content (AvgIpc) is 2.81. The molecule has 1 amide bonds. The number of aliphatic hydroxyl groups is 1. The van der Waals surface area contributed by atoms with Gasteiger partial charge in [0.15, 0.2) is 0 Å². The summed E-state index contributed by atoms with van der Waals surface area (Å²) in [6.45, 7) is 5.20. The Morgan fingerprint density at radius 3 is 2.60 bits per heavy atom. The van der Waals surface area contributed by atoms with E-state index < -0.39 is 5.54 Å². The number of para-hydroxylation sites is 1. The van der Waals surface area contributed by atoms with Crippen molar-refractivity contribution in [2.24, 2.45) is 0 Å². The number of aryl methyl sites for hydroxylation is 1. The van der Waals surface area contributed by atoms with Gasteiger partial charge in [-0.05, 0) is 32.9 Å². The van der Waals surface area contributed by atoms with Crippen LogP contribution in [0, 0.1) is 6.92 Å². The third-order valence-electron chi connectivity index (χ3n) is 3.01. The number of benzene rings is 1. The second kappa shape index (κ2) is 5.46. The Balaban J connectivity index is 2.26. The summed E-state index contributed by atoms with van der Waals surface area (Å²) >= 11 is 0. The Morgan fingerprint density at radius 1 is 1.35 bits per heavy atom. The number of aliphatic hydroxyl groups excluding tert-OH is 1. The number of carbonyl (C=O) groups is 1. The highest BCUT2D eigenvalue weighted by Crippen LogP contribution is 2.13. The lowest BCUT2D eigenvalue weighted by Crippen LogP contribution is -2.46. The van der Waals surface area contributed by atoms with Crippen LogP contribution in [0.5, 0.6) is 0 Å². The molecule has 2 N–H and O–H groups in total. The first-order valence-electron chi connectivity index (χ1n) is 6.48. The zero-order valence-corrected chi connectivity index (χ0v) is 11.9. The lowest BCUT2D eigenvalue weighted by Gasteiger charge is -2.23. The summed E-state index contributed by atoms with van der Waals surface area (Å²) in [6.07, 6.45) is 1.70. The Bertz CT molecular complexity index is 603. The van der Waals surface area contributed by atoms with Crippen molar-refractivity contribution in [3.63, 3.8) is 0 Å². The molecule has 20 heavy (non-hydrogen) atoms. The lowest BCUT2D eigenvalue weighted by atomic mass is 10.1. The van der Waals surface area contributed by atoms with Gasteiger partial charge in [0.1, 0.15) is 0 Å². The normalized spacial score (nSPS) is 11.4. The van der Waals surface area contributed by atoms with E-state index in [0.29, 0.717) is 11.3 Å². The molecule has 0 aliphatic heterocycles. The van der Waals surface area contributed by atoms with Crippen molar-refractivity contribution in [3.8, 4) is 5.69 Å². The summed E-state index contributed by atoms with van der Waals surface area (Å²) in [5.41, 5.74) is 1.41. The molecule has 1 aromatic heterocycles. The second-order valence-corrected chi connectivity index (χ2v) is 5.40.